The molecule has 8 atom stereocenters. The van der Waals surface area contributed by atoms with E-state index in [2.05, 4.69) is 31.0 Å². The van der Waals surface area contributed by atoms with Crippen molar-refractivity contribution in [1.29, 1.82) is 0 Å². The molecule has 1 aliphatic carbocycles. The molecule has 3 heterocycles. The van der Waals surface area contributed by atoms with Crippen LogP contribution in [0.3, 0.4) is 0 Å². The molecular formula is C33H55ClN4O4S. The van der Waals surface area contributed by atoms with Crippen LogP contribution < -0.4 is 11.1 Å². The molecule has 4 aliphatic rings. The summed E-state index contributed by atoms with van der Waals surface area (Å²) in [5.41, 5.74) is 7.88. The van der Waals surface area contributed by atoms with Crippen LogP contribution in [0.25, 0.3) is 0 Å². The van der Waals surface area contributed by atoms with Gasteiger partial charge in [0.25, 0.3) is 0 Å². The van der Waals surface area contributed by atoms with Gasteiger partial charge in [-0.1, -0.05) is 37.1 Å². The first kappa shape index (κ1) is 33.5. The number of nitrogens with zero attached hydrogens (tertiary/aromatic N) is 2. The molecule has 10 heteroatoms. The average molecular weight is 639 g/mol. The fourth-order valence-electron chi connectivity index (χ4n) is 8.51. The summed E-state index contributed by atoms with van der Waals surface area (Å²) in [4.78, 5) is 16.6. The zero-order chi connectivity index (χ0) is 30.8. The van der Waals surface area contributed by atoms with Crippen LogP contribution in [0.5, 0.6) is 0 Å². The van der Waals surface area contributed by atoms with Gasteiger partial charge < -0.3 is 20.7 Å². The second kappa shape index (κ2) is 14.2. The van der Waals surface area contributed by atoms with Crippen molar-refractivity contribution in [1.82, 2.24) is 14.5 Å². The molecule has 1 saturated carbocycles. The Labute approximate surface area is 265 Å². The van der Waals surface area contributed by atoms with Crippen LogP contribution in [0.4, 0.5) is 0 Å². The molecule has 43 heavy (non-hydrogen) atoms. The predicted octanol–water partition coefficient (Wildman–Crippen LogP) is 6.25. The average Bonchev–Trinajstić information content (AvgIpc) is 3.39. The molecule has 0 radical (unpaired) electrons. The Morgan fingerprint density at radius 3 is 2.67 bits per heavy atom. The van der Waals surface area contributed by atoms with Gasteiger partial charge in [-0.15, -0.1) is 10.8 Å². The van der Waals surface area contributed by atoms with Crippen molar-refractivity contribution in [3.63, 3.8) is 0 Å². The van der Waals surface area contributed by atoms with Crippen molar-refractivity contribution < 1.29 is 18.6 Å². The van der Waals surface area contributed by atoms with Gasteiger partial charge in [0.05, 0.1) is 17.4 Å². The van der Waals surface area contributed by atoms with Gasteiger partial charge in [0.1, 0.15) is 0 Å². The first-order valence-electron chi connectivity index (χ1n) is 16.7. The minimum atomic E-state index is -2.71. The first-order valence-corrected chi connectivity index (χ1v) is 18.8. The molecule has 2 bridgehead atoms. The van der Waals surface area contributed by atoms with Gasteiger partial charge in [-0.25, -0.2) is 4.31 Å². The number of hydrogen-bond acceptors (Lipinski definition) is 7. The molecule has 3 aliphatic heterocycles. The summed E-state index contributed by atoms with van der Waals surface area (Å²) in [5, 5.41) is 4.34. The third kappa shape index (κ3) is 7.91. The van der Waals surface area contributed by atoms with Gasteiger partial charge >= 0.3 is 0 Å². The van der Waals surface area contributed by atoms with E-state index >= 15 is 0 Å². The second-order valence-electron chi connectivity index (χ2n) is 14.2. The number of piperazine rings is 1. The highest BCUT2D eigenvalue weighted by molar-refractivity contribution is 8.22. The smallest absolute Gasteiger partial charge is 0.240 e. The number of halogens is 1. The van der Waals surface area contributed by atoms with Gasteiger partial charge in [0.2, 0.25) is 5.91 Å². The largest absolute Gasteiger partial charge is 0.376 e. The highest BCUT2D eigenvalue weighted by atomic mass is 35.5. The summed E-state index contributed by atoms with van der Waals surface area (Å²) in [7, 11) is -2.71. The van der Waals surface area contributed by atoms with Crippen molar-refractivity contribution in [3.8, 4) is 0 Å². The Morgan fingerprint density at radius 2 is 1.95 bits per heavy atom. The molecule has 0 aromatic heterocycles. The van der Waals surface area contributed by atoms with E-state index in [0.29, 0.717) is 42.4 Å². The molecule has 0 spiro atoms. The summed E-state index contributed by atoms with van der Waals surface area (Å²) in [5.74, 6) is 1.06. The van der Waals surface area contributed by atoms with E-state index in [0.717, 1.165) is 76.3 Å². The van der Waals surface area contributed by atoms with Gasteiger partial charge in [-0.3, -0.25) is 13.9 Å². The van der Waals surface area contributed by atoms with Crippen LogP contribution in [0, 0.1) is 11.8 Å². The SMILES string of the molecule is CCCN(C(=O)[C@@H](N)[C@@H](c1ccc(Cl)cc1)C1CCOC(C)(C)C1)[C@H]1CCC[C@@H]1CC[C@H]1CN[C@@H]2CCCS(O)(O)N1C2. The maximum Gasteiger partial charge on any atom is 0.240 e. The number of amides is 1. The molecule has 5 rings (SSSR count). The van der Waals surface area contributed by atoms with Crippen LogP contribution in [0.1, 0.15) is 96.5 Å². The summed E-state index contributed by atoms with van der Waals surface area (Å²) < 4.78 is 29.9. The second-order valence-corrected chi connectivity index (χ2v) is 16.7. The Morgan fingerprint density at radius 1 is 1.19 bits per heavy atom. The van der Waals surface area contributed by atoms with Crippen molar-refractivity contribution in [2.24, 2.45) is 17.6 Å². The Bertz CT molecular complexity index is 1080. The van der Waals surface area contributed by atoms with E-state index in [1.54, 1.807) is 0 Å². The molecule has 5 N–H and O–H groups in total. The number of fused-ring (bicyclic) bond motifs is 2. The minimum Gasteiger partial charge on any atom is -0.376 e. The van der Waals surface area contributed by atoms with Gasteiger partial charge in [-0.2, -0.15) is 0 Å². The number of ether oxygens (including phenoxy) is 1. The molecule has 2 unspecified atom stereocenters. The third-order valence-corrected chi connectivity index (χ3v) is 12.9. The van der Waals surface area contributed by atoms with Crippen LogP contribution in [-0.2, 0) is 9.53 Å². The number of benzene rings is 1. The van der Waals surface area contributed by atoms with Crippen molar-refractivity contribution >= 4 is 28.3 Å². The molecule has 244 valence electrons. The molecule has 1 aromatic rings. The van der Waals surface area contributed by atoms with Crippen molar-refractivity contribution in [2.45, 2.75) is 121 Å². The van der Waals surface area contributed by atoms with E-state index in [1.165, 1.54) is 0 Å². The number of hydrogen-bond donors (Lipinski definition) is 4. The van der Waals surface area contributed by atoms with Crippen molar-refractivity contribution in [2.75, 3.05) is 32.0 Å². The lowest BCUT2D eigenvalue weighted by atomic mass is 9.73. The van der Waals surface area contributed by atoms with Gasteiger partial charge in [0.15, 0.2) is 0 Å². The number of nitrogens with one attached hydrogen (secondary N) is 1. The van der Waals surface area contributed by atoms with Crippen molar-refractivity contribution in [3.05, 3.63) is 34.9 Å². The number of carbonyl (C=O) groups excluding carboxylic acids is 1. The van der Waals surface area contributed by atoms with Crippen LogP contribution in [0.15, 0.2) is 24.3 Å². The molecular weight excluding hydrogens is 584 g/mol. The Kier molecular flexibility index (Phi) is 11.1. The number of rotatable bonds is 10. The topological polar surface area (TPSA) is 111 Å². The number of carbonyl (C=O) groups is 1. The zero-order valence-corrected chi connectivity index (χ0v) is 28.0. The van der Waals surface area contributed by atoms with Gasteiger partial charge in [-0.05, 0) is 101 Å². The van der Waals surface area contributed by atoms with Crippen LogP contribution >= 0.6 is 22.4 Å². The highest BCUT2D eigenvalue weighted by Gasteiger charge is 2.44. The molecule has 1 aromatic carbocycles. The quantitative estimate of drug-likeness (QED) is 0.240. The lowest BCUT2D eigenvalue weighted by Crippen LogP contribution is -2.56. The van der Waals surface area contributed by atoms with Gasteiger partial charge in [0, 0.05) is 55.3 Å². The summed E-state index contributed by atoms with van der Waals surface area (Å²) in [6.45, 7) is 9.29. The molecule has 1 amide bonds. The highest BCUT2D eigenvalue weighted by Crippen LogP contribution is 2.49. The minimum absolute atomic E-state index is 0.0619. The van der Waals surface area contributed by atoms with Crippen LogP contribution in [0.2, 0.25) is 5.02 Å². The first-order chi connectivity index (χ1) is 20.5. The fourth-order valence-corrected chi connectivity index (χ4v) is 10.5. The molecule has 3 saturated heterocycles. The molecule has 4 fully saturated rings. The third-order valence-electron chi connectivity index (χ3n) is 10.6. The summed E-state index contributed by atoms with van der Waals surface area (Å²) in [6, 6.07) is 7.89. The fraction of sp³-hybridized carbons (Fsp3) is 0.788. The maximum absolute atomic E-state index is 14.5. The van der Waals surface area contributed by atoms with E-state index < -0.39 is 16.8 Å². The van der Waals surface area contributed by atoms with E-state index in [9.17, 15) is 13.9 Å². The van der Waals surface area contributed by atoms with E-state index in [4.69, 9.17) is 22.1 Å². The van der Waals surface area contributed by atoms with Crippen LogP contribution in [-0.4, -0.2) is 86.0 Å². The van der Waals surface area contributed by atoms with E-state index in [1.807, 2.05) is 28.6 Å². The van der Waals surface area contributed by atoms with E-state index in [-0.39, 0.29) is 35.4 Å². The normalized spacial score (nSPS) is 34.1. The monoisotopic (exact) mass is 638 g/mol. The molecule has 8 nitrogen and oxygen atoms in total. The zero-order valence-electron chi connectivity index (χ0n) is 26.4. The standard InChI is InChI=1S/C33H55ClN4O4S/c1-4-17-37(29-9-5-7-23(29)12-15-28-21-36-27-8-6-19-43(40,41)38(28)22-27)32(39)31(35)30(24-10-13-26(34)14-11-24)25-16-18-42-33(2,3)20-25/h10-11,13-14,23,25,27-31,36,40-41H,4-9,12,15-22,35H2,1-3H3/t23-,25?,27-,28+,29+,30+,31+/m1/s1. The lowest BCUT2D eigenvalue weighted by Gasteiger charge is -2.49. The summed E-state index contributed by atoms with van der Waals surface area (Å²) >= 11 is 6.26. The summed E-state index contributed by atoms with van der Waals surface area (Å²) in [6.07, 6.45) is 9.57. The Balaban J connectivity index is 1.32. The predicted molar refractivity (Wildman–Crippen MR) is 177 cm³/mol. The number of nitrogens with two attached hydrogens (primary N) is 1. The lowest BCUT2D eigenvalue weighted by molar-refractivity contribution is -0.138. The Hall–Kier alpha value is -0.910. The maximum atomic E-state index is 14.5.